The average molecular weight is 372 g/mol. The number of nitro benzene ring substituents is 1. The Balaban J connectivity index is 2.36. The molecule has 0 unspecified atom stereocenters. The largest absolute Gasteiger partial charge is 0.508 e. The number of benzene rings is 2. The molecule has 0 aromatic heterocycles. The van der Waals surface area contributed by atoms with E-state index in [-0.39, 0.29) is 22.0 Å². The van der Waals surface area contributed by atoms with E-state index in [1.165, 1.54) is 24.3 Å². The Morgan fingerprint density at radius 2 is 2.00 bits per heavy atom. The van der Waals surface area contributed by atoms with Crippen LogP contribution in [0.15, 0.2) is 40.9 Å². The van der Waals surface area contributed by atoms with Crippen molar-refractivity contribution in [3.05, 3.63) is 61.6 Å². The van der Waals surface area contributed by atoms with Crippen molar-refractivity contribution < 1.29 is 14.8 Å². The number of carbonyl (C=O) groups is 1. The molecule has 0 saturated carbocycles. The van der Waals surface area contributed by atoms with E-state index in [1.807, 2.05) is 0 Å². The van der Waals surface area contributed by atoms with Crippen molar-refractivity contribution in [1.29, 1.82) is 0 Å². The fraction of sp³-hybridized carbons (Fsp3) is 0. The number of phenols is 1. The minimum absolute atomic E-state index is 0.0288. The van der Waals surface area contributed by atoms with Crippen LogP contribution in [-0.2, 0) is 0 Å². The van der Waals surface area contributed by atoms with Crippen LogP contribution in [0.4, 0.5) is 11.4 Å². The van der Waals surface area contributed by atoms with Gasteiger partial charge in [0.25, 0.3) is 11.6 Å². The third-order valence-corrected chi connectivity index (χ3v) is 3.42. The normalized spacial score (nSPS) is 10.2. The molecule has 0 aliphatic rings. The molecule has 6 nitrogen and oxygen atoms in total. The molecule has 0 aliphatic carbocycles. The molecule has 0 atom stereocenters. The van der Waals surface area contributed by atoms with Gasteiger partial charge in [-0.1, -0.05) is 27.5 Å². The molecule has 0 aliphatic heterocycles. The van der Waals surface area contributed by atoms with E-state index in [4.69, 9.17) is 11.6 Å². The van der Waals surface area contributed by atoms with E-state index in [2.05, 4.69) is 21.2 Å². The number of nitrogens with zero attached hydrogens (tertiary/aromatic N) is 1. The second-order valence-corrected chi connectivity index (χ2v) is 5.36. The van der Waals surface area contributed by atoms with Crippen molar-refractivity contribution in [2.75, 3.05) is 5.32 Å². The Bertz CT molecular complexity index is 736. The summed E-state index contributed by atoms with van der Waals surface area (Å²) in [5, 5.41) is 22.8. The fourth-order valence-electron chi connectivity index (χ4n) is 1.64. The van der Waals surface area contributed by atoms with E-state index in [0.717, 1.165) is 6.07 Å². The van der Waals surface area contributed by atoms with Crippen molar-refractivity contribution in [3.63, 3.8) is 0 Å². The van der Waals surface area contributed by atoms with Gasteiger partial charge in [0, 0.05) is 4.47 Å². The molecule has 8 heteroatoms. The SMILES string of the molecule is O=C(Nc1ccc(O)cc1[N+](=O)[O-])c1cc(Br)ccc1Cl. The van der Waals surface area contributed by atoms with Crippen molar-refractivity contribution in [2.24, 2.45) is 0 Å². The summed E-state index contributed by atoms with van der Waals surface area (Å²) in [6.45, 7) is 0. The topological polar surface area (TPSA) is 92.5 Å². The number of halogens is 2. The highest BCUT2D eigenvalue weighted by Crippen LogP contribution is 2.29. The van der Waals surface area contributed by atoms with Gasteiger partial charge in [-0.05, 0) is 30.3 Å². The number of hydrogen-bond donors (Lipinski definition) is 2. The third-order valence-electron chi connectivity index (χ3n) is 2.60. The number of carbonyl (C=O) groups excluding carboxylic acids is 1. The maximum absolute atomic E-state index is 12.1. The lowest BCUT2D eigenvalue weighted by molar-refractivity contribution is -0.384. The first kappa shape index (κ1) is 15.3. The van der Waals surface area contributed by atoms with E-state index >= 15 is 0 Å². The highest BCUT2D eigenvalue weighted by Gasteiger charge is 2.19. The molecule has 1 amide bonds. The third kappa shape index (κ3) is 3.50. The zero-order chi connectivity index (χ0) is 15.6. The van der Waals surface area contributed by atoms with Gasteiger partial charge in [0.05, 0.1) is 21.6 Å². The summed E-state index contributed by atoms with van der Waals surface area (Å²) >= 11 is 9.15. The van der Waals surface area contributed by atoms with Crippen LogP contribution in [0.5, 0.6) is 5.75 Å². The van der Waals surface area contributed by atoms with E-state index in [9.17, 15) is 20.0 Å². The van der Waals surface area contributed by atoms with Gasteiger partial charge in [0.15, 0.2) is 0 Å². The zero-order valence-corrected chi connectivity index (χ0v) is 12.7. The predicted molar refractivity (Wildman–Crippen MR) is 81.9 cm³/mol. The number of aromatic hydroxyl groups is 1. The fourth-order valence-corrected chi connectivity index (χ4v) is 2.20. The molecule has 0 saturated heterocycles. The number of nitro groups is 1. The summed E-state index contributed by atoms with van der Waals surface area (Å²) in [5.41, 5.74) is -0.262. The van der Waals surface area contributed by atoms with Crippen LogP contribution in [0.3, 0.4) is 0 Å². The maximum atomic E-state index is 12.1. The molecule has 21 heavy (non-hydrogen) atoms. The summed E-state index contributed by atoms with van der Waals surface area (Å²) < 4.78 is 0.650. The summed E-state index contributed by atoms with van der Waals surface area (Å²) in [6, 6.07) is 8.15. The van der Waals surface area contributed by atoms with Gasteiger partial charge in [-0.3, -0.25) is 14.9 Å². The first-order chi connectivity index (χ1) is 9.88. The highest BCUT2D eigenvalue weighted by molar-refractivity contribution is 9.10. The lowest BCUT2D eigenvalue weighted by atomic mass is 10.2. The Morgan fingerprint density at radius 1 is 1.29 bits per heavy atom. The monoisotopic (exact) mass is 370 g/mol. The smallest absolute Gasteiger partial charge is 0.296 e. The quantitative estimate of drug-likeness (QED) is 0.485. The van der Waals surface area contributed by atoms with Gasteiger partial charge in [0.2, 0.25) is 0 Å². The highest BCUT2D eigenvalue weighted by atomic mass is 79.9. The Morgan fingerprint density at radius 3 is 2.67 bits per heavy atom. The first-order valence-corrected chi connectivity index (χ1v) is 6.79. The van der Waals surface area contributed by atoms with Crippen LogP contribution in [0.1, 0.15) is 10.4 Å². The van der Waals surface area contributed by atoms with E-state index in [0.29, 0.717) is 4.47 Å². The predicted octanol–water partition coefficient (Wildman–Crippen LogP) is 3.97. The maximum Gasteiger partial charge on any atom is 0.296 e. The van der Waals surface area contributed by atoms with Gasteiger partial charge in [0.1, 0.15) is 11.4 Å². The lowest BCUT2D eigenvalue weighted by Gasteiger charge is -2.08. The standard InChI is InChI=1S/C13H8BrClN2O4/c14-7-1-3-10(15)9(5-7)13(19)16-11-4-2-8(18)6-12(11)17(20)21/h1-6,18H,(H,16,19). The Labute approximate surface area is 132 Å². The molecule has 2 N–H and O–H groups in total. The van der Waals surface area contributed by atoms with E-state index in [1.54, 1.807) is 6.07 Å². The van der Waals surface area contributed by atoms with Crippen molar-refractivity contribution in [1.82, 2.24) is 0 Å². The molecule has 0 heterocycles. The summed E-state index contributed by atoms with van der Waals surface area (Å²) in [7, 11) is 0. The van der Waals surface area contributed by atoms with Crippen molar-refractivity contribution in [3.8, 4) is 5.75 Å². The lowest BCUT2D eigenvalue weighted by Crippen LogP contribution is -2.13. The second kappa shape index (κ2) is 6.11. The van der Waals surface area contributed by atoms with Gasteiger partial charge in [-0.15, -0.1) is 0 Å². The van der Waals surface area contributed by atoms with Gasteiger partial charge >= 0.3 is 0 Å². The minimum atomic E-state index is -0.697. The molecule has 108 valence electrons. The number of hydrogen-bond acceptors (Lipinski definition) is 4. The van der Waals surface area contributed by atoms with Crippen LogP contribution < -0.4 is 5.32 Å². The van der Waals surface area contributed by atoms with Crippen LogP contribution in [0.2, 0.25) is 5.02 Å². The summed E-state index contributed by atoms with van der Waals surface area (Å²) in [4.78, 5) is 22.4. The number of rotatable bonds is 3. The molecule has 0 spiro atoms. The molecule has 0 radical (unpaired) electrons. The molecular formula is C13H8BrClN2O4. The number of nitrogens with one attached hydrogen (secondary N) is 1. The van der Waals surface area contributed by atoms with Gasteiger partial charge in [-0.2, -0.15) is 0 Å². The van der Waals surface area contributed by atoms with Crippen molar-refractivity contribution in [2.45, 2.75) is 0 Å². The Kier molecular flexibility index (Phi) is 4.44. The minimum Gasteiger partial charge on any atom is -0.508 e. The van der Waals surface area contributed by atoms with Crippen LogP contribution in [-0.4, -0.2) is 15.9 Å². The molecule has 2 aromatic rings. The molecule has 2 aromatic carbocycles. The average Bonchev–Trinajstić information content (AvgIpc) is 2.43. The van der Waals surface area contributed by atoms with E-state index < -0.39 is 16.5 Å². The van der Waals surface area contributed by atoms with Crippen LogP contribution >= 0.6 is 27.5 Å². The van der Waals surface area contributed by atoms with Gasteiger partial charge in [-0.25, -0.2) is 0 Å². The summed E-state index contributed by atoms with van der Waals surface area (Å²) in [5.74, 6) is -0.852. The molecule has 0 bridgehead atoms. The number of anilines is 1. The first-order valence-electron chi connectivity index (χ1n) is 5.62. The second-order valence-electron chi connectivity index (χ2n) is 4.04. The van der Waals surface area contributed by atoms with Gasteiger partial charge < -0.3 is 10.4 Å². The van der Waals surface area contributed by atoms with Crippen LogP contribution in [0, 0.1) is 10.1 Å². The molecule has 2 rings (SSSR count). The summed E-state index contributed by atoms with van der Waals surface area (Å²) in [6.07, 6.45) is 0. The van der Waals surface area contributed by atoms with Crippen LogP contribution in [0.25, 0.3) is 0 Å². The molecular weight excluding hydrogens is 364 g/mol. The number of amides is 1. The Hall–Kier alpha value is -2.12. The molecule has 0 fully saturated rings. The van der Waals surface area contributed by atoms with Crippen molar-refractivity contribution >= 4 is 44.8 Å². The number of phenolic OH excluding ortho intramolecular Hbond substituents is 1. The zero-order valence-electron chi connectivity index (χ0n) is 10.3.